The van der Waals surface area contributed by atoms with E-state index in [1.807, 2.05) is 0 Å². The van der Waals surface area contributed by atoms with Gasteiger partial charge in [-0.3, -0.25) is 0 Å². The average Bonchev–Trinajstić information content (AvgIpc) is 2.42. The zero-order valence-corrected chi connectivity index (χ0v) is 14.5. The van der Waals surface area contributed by atoms with E-state index in [9.17, 15) is 0 Å². The van der Waals surface area contributed by atoms with E-state index in [4.69, 9.17) is 0 Å². The minimum absolute atomic E-state index is 0.967. The summed E-state index contributed by atoms with van der Waals surface area (Å²) in [5.74, 6) is 1.94. The predicted octanol–water partition coefficient (Wildman–Crippen LogP) is 4.20. The van der Waals surface area contributed by atoms with Gasteiger partial charge in [-0.25, -0.2) is 0 Å². The van der Waals surface area contributed by atoms with Crippen LogP contribution in [0.2, 0.25) is 4.75 Å². The second-order valence-corrected chi connectivity index (χ2v) is 66.0. The molecule has 2 bridgehead atoms. The van der Waals surface area contributed by atoms with E-state index in [1.54, 1.807) is 0 Å². The van der Waals surface area contributed by atoms with Gasteiger partial charge in [0.25, 0.3) is 0 Å². The predicted molar refractivity (Wildman–Crippen MR) is 76.9 cm³/mol. The summed E-state index contributed by atoms with van der Waals surface area (Å²) in [5.41, 5.74) is 0. The third kappa shape index (κ3) is 2.11. The van der Waals surface area contributed by atoms with Crippen molar-refractivity contribution in [3.63, 3.8) is 0 Å². The fraction of sp³-hybridized carbons (Fsp3) is 0.714. The number of rotatable bonds is 1. The minimum atomic E-state index is -1.40. The molecule has 0 N–H and O–H groups in total. The summed E-state index contributed by atoms with van der Waals surface area (Å²) < 4.78 is -0.292. The van der Waals surface area contributed by atoms with Crippen LogP contribution >= 0.6 is 60.6 Å². The van der Waals surface area contributed by atoms with Gasteiger partial charge < -0.3 is 0 Å². The quantitative estimate of drug-likeness (QED) is 0.263. The van der Waals surface area contributed by atoms with Gasteiger partial charge in [0.15, 0.2) is 0 Å². The van der Waals surface area contributed by atoms with Crippen molar-refractivity contribution in [2.24, 2.45) is 11.8 Å². The van der Waals surface area contributed by atoms with E-state index in [2.05, 4.69) is 72.8 Å². The SMILES string of the molecule is [I][Ge]([I])([I])[C@H]1C[C@@H]2C=C[C@H]1C2. The van der Waals surface area contributed by atoms with Crippen LogP contribution in [0.15, 0.2) is 12.2 Å². The second-order valence-electron chi connectivity index (χ2n) is 3.43. The molecule has 0 aromatic rings. The zero-order chi connectivity index (χ0) is 8.06. The third-order valence-electron chi connectivity index (χ3n) is 2.70. The van der Waals surface area contributed by atoms with E-state index in [0.717, 1.165) is 16.6 Å². The molecule has 2 rings (SSSR count). The Bertz CT molecular complexity index is 196. The van der Waals surface area contributed by atoms with Crippen LogP contribution in [0, 0.1) is 11.8 Å². The summed E-state index contributed by atoms with van der Waals surface area (Å²) in [7, 11) is 0. The van der Waals surface area contributed by atoms with Crippen molar-refractivity contribution < 1.29 is 0 Å². The van der Waals surface area contributed by atoms with Crippen LogP contribution in [0.5, 0.6) is 0 Å². The van der Waals surface area contributed by atoms with Gasteiger partial charge >= 0.3 is 106 Å². The van der Waals surface area contributed by atoms with Crippen LogP contribution in [0.25, 0.3) is 0 Å². The first-order valence-electron chi connectivity index (χ1n) is 3.82. The average molecular weight is 546 g/mol. The van der Waals surface area contributed by atoms with E-state index in [1.165, 1.54) is 12.8 Å². The van der Waals surface area contributed by atoms with Gasteiger partial charge in [-0.1, -0.05) is 0 Å². The van der Waals surface area contributed by atoms with E-state index >= 15 is 0 Å². The molecule has 0 aromatic heterocycles. The first-order valence-corrected chi connectivity index (χ1v) is 24.2. The van der Waals surface area contributed by atoms with Gasteiger partial charge in [0.2, 0.25) is 0 Å². The Hall–Kier alpha value is 2.47. The molecule has 0 amide bonds. The fourth-order valence-electron chi connectivity index (χ4n) is 2.16. The van der Waals surface area contributed by atoms with Crippen LogP contribution in [-0.2, 0) is 0 Å². The Morgan fingerprint density at radius 2 is 1.82 bits per heavy atom. The Morgan fingerprint density at radius 3 is 2.09 bits per heavy atom. The van der Waals surface area contributed by atoms with E-state index < -0.39 is 3.34 Å². The summed E-state index contributed by atoms with van der Waals surface area (Å²) in [5, 5.41) is 0. The molecule has 0 saturated heterocycles. The van der Waals surface area contributed by atoms with E-state index in [0.29, 0.717) is 0 Å². The monoisotopic (exact) mass is 548 g/mol. The third-order valence-corrected chi connectivity index (χ3v) is 18.3. The van der Waals surface area contributed by atoms with Gasteiger partial charge in [0.05, 0.1) is 0 Å². The number of hydrogen-bond donors (Lipinski definition) is 0. The van der Waals surface area contributed by atoms with Crippen molar-refractivity contribution >= 4 is 64.0 Å². The van der Waals surface area contributed by atoms with Gasteiger partial charge in [-0.2, -0.15) is 0 Å². The molecule has 0 aromatic carbocycles. The standard InChI is InChI=1S/C7H9GeI3/c9-8(10,11)7-4-5-1-2-6(7)3-5/h1-2,5-7H,3-4H2/t5-,6+,7+/m1/s1. The molecule has 62 valence electrons. The summed E-state index contributed by atoms with van der Waals surface area (Å²) >= 11 is 8.29. The summed E-state index contributed by atoms with van der Waals surface area (Å²) in [4.78, 5) is 0. The topological polar surface area (TPSA) is 0 Å². The summed E-state index contributed by atoms with van der Waals surface area (Å²) in [6.07, 6.45) is 7.91. The molecule has 0 aliphatic heterocycles. The molecule has 2 aliphatic rings. The molecule has 0 unspecified atom stereocenters. The fourth-order valence-corrected chi connectivity index (χ4v) is 16.1. The van der Waals surface area contributed by atoms with Gasteiger partial charge in [-0.05, 0) is 0 Å². The normalized spacial score (nSPS) is 41.9. The van der Waals surface area contributed by atoms with Crippen molar-refractivity contribution in [2.45, 2.75) is 17.6 Å². The molecule has 0 spiro atoms. The van der Waals surface area contributed by atoms with Crippen molar-refractivity contribution in [3.8, 4) is 0 Å². The zero-order valence-electron chi connectivity index (χ0n) is 5.93. The molecule has 1 fully saturated rings. The Balaban J connectivity index is 2.15. The van der Waals surface area contributed by atoms with Crippen LogP contribution in [0.4, 0.5) is 0 Å². The molecule has 3 atom stereocenters. The first kappa shape index (κ1) is 10.0. The molecular weight excluding hydrogens is 537 g/mol. The van der Waals surface area contributed by atoms with Crippen molar-refractivity contribution in [1.82, 2.24) is 0 Å². The molecule has 0 nitrogen and oxygen atoms in total. The Labute approximate surface area is 104 Å². The second kappa shape index (κ2) is 3.56. The number of allylic oxidation sites excluding steroid dienone is 2. The maximum atomic E-state index is 2.76. The first-order chi connectivity index (χ1) is 5.07. The molecular formula is C7H9GeI3. The Morgan fingerprint density at radius 1 is 1.09 bits per heavy atom. The van der Waals surface area contributed by atoms with Crippen molar-refractivity contribution in [3.05, 3.63) is 12.2 Å². The molecule has 2 aliphatic carbocycles. The molecule has 0 heterocycles. The number of fused-ring (bicyclic) bond motifs is 2. The van der Waals surface area contributed by atoms with Gasteiger partial charge in [0, 0.05) is 0 Å². The molecule has 4 heteroatoms. The van der Waals surface area contributed by atoms with Crippen LogP contribution in [0.3, 0.4) is 0 Å². The summed E-state index contributed by atoms with van der Waals surface area (Å²) in [6, 6.07) is 0. The van der Waals surface area contributed by atoms with Crippen molar-refractivity contribution in [2.75, 3.05) is 0 Å². The van der Waals surface area contributed by atoms with Crippen molar-refractivity contribution in [1.29, 1.82) is 0 Å². The Kier molecular flexibility index (Phi) is 3.24. The van der Waals surface area contributed by atoms with E-state index in [-0.39, 0.29) is 0 Å². The maximum absolute atomic E-state index is 2.76. The van der Waals surface area contributed by atoms with Crippen LogP contribution in [-0.4, -0.2) is 3.34 Å². The van der Waals surface area contributed by atoms with Crippen LogP contribution in [0.1, 0.15) is 12.8 Å². The molecule has 1 saturated carbocycles. The molecule has 0 radical (unpaired) electrons. The molecule has 11 heavy (non-hydrogen) atoms. The summed E-state index contributed by atoms with van der Waals surface area (Å²) in [6.45, 7) is 0. The number of halogens is 3. The van der Waals surface area contributed by atoms with Gasteiger partial charge in [-0.15, -0.1) is 0 Å². The van der Waals surface area contributed by atoms with Gasteiger partial charge in [0.1, 0.15) is 0 Å². The number of hydrogen-bond acceptors (Lipinski definition) is 0. The van der Waals surface area contributed by atoms with Crippen LogP contribution < -0.4 is 0 Å².